The number of carbonyl (C=O) groups is 5. The number of piperidine rings is 1. The second-order valence-electron chi connectivity index (χ2n) is 12.4. The molecule has 1 saturated carbocycles. The summed E-state index contributed by atoms with van der Waals surface area (Å²) < 4.78 is 11.2. The molecule has 2 N–H and O–H groups in total. The number of ether oxygens (including phenoxy) is 2. The van der Waals surface area contributed by atoms with Gasteiger partial charge in [-0.15, -0.1) is 0 Å². The van der Waals surface area contributed by atoms with Crippen LogP contribution in [-0.2, 0) is 30.4 Å². The Labute approximate surface area is 256 Å². The van der Waals surface area contributed by atoms with Crippen LogP contribution in [0.15, 0.2) is 23.3 Å². The second kappa shape index (κ2) is 14.5. The van der Waals surface area contributed by atoms with Crippen LogP contribution in [0.4, 0.5) is 10.5 Å². The Hall–Kier alpha value is -4.16. The molecule has 3 aliphatic rings. The third kappa shape index (κ3) is 8.48. The van der Waals surface area contributed by atoms with Crippen molar-refractivity contribution in [1.29, 1.82) is 0 Å². The van der Waals surface area contributed by atoms with Crippen molar-refractivity contribution in [2.45, 2.75) is 102 Å². The van der Waals surface area contributed by atoms with Gasteiger partial charge in [0.05, 0.1) is 0 Å². The zero-order valence-corrected chi connectivity index (χ0v) is 25.5. The van der Waals surface area contributed by atoms with Crippen molar-refractivity contribution < 1.29 is 33.4 Å². The summed E-state index contributed by atoms with van der Waals surface area (Å²) in [7, 11) is 0. The molecule has 14 heteroatoms. The summed E-state index contributed by atoms with van der Waals surface area (Å²) in [6.07, 6.45) is 4.25. The summed E-state index contributed by atoms with van der Waals surface area (Å²) in [4.78, 5) is 68.6. The summed E-state index contributed by atoms with van der Waals surface area (Å²) in [5.74, 6) is -1.54. The number of unbranched alkanes of at least 4 members (excludes halogenated alkanes) is 1. The molecular formula is C30H41N7O7. The molecule has 0 aromatic heterocycles. The van der Waals surface area contributed by atoms with Crippen molar-refractivity contribution in [1.82, 2.24) is 15.1 Å². The largest absolute Gasteiger partial charge is 0.444 e. The van der Waals surface area contributed by atoms with Gasteiger partial charge in [0.15, 0.2) is 0 Å². The maximum atomic E-state index is 13.0. The fourth-order valence-electron chi connectivity index (χ4n) is 5.84. The van der Waals surface area contributed by atoms with Crippen molar-refractivity contribution in [2.75, 3.05) is 25.1 Å². The Balaban J connectivity index is 1.23. The number of carbonyl (C=O) groups excluding carboxylic acids is 5. The second-order valence-corrected chi connectivity index (χ2v) is 12.4. The van der Waals surface area contributed by atoms with E-state index in [9.17, 15) is 24.0 Å². The highest BCUT2D eigenvalue weighted by molar-refractivity contribution is 6.06. The Morgan fingerprint density at radius 3 is 2.57 bits per heavy atom. The number of rotatable bonds is 11. The van der Waals surface area contributed by atoms with Crippen molar-refractivity contribution in [3.05, 3.63) is 39.8 Å². The lowest BCUT2D eigenvalue weighted by atomic mass is 9.90. The molecule has 4 rings (SSSR count). The number of imide groups is 1. The summed E-state index contributed by atoms with van der Waals surface area (Å²) >= 11 is 0. The molecule has 1 atom stereocenters. The molecule has 1 aliphatic carbocycles. The standard InChI is InChI=1S/C30H41N7O7/c1-30(2,3)44-29(42)36(20-11-9-19(10-12-20)34-35-31)15-4-5-16-43-18-26(39)32-23-8-6-7-21-22(23)17-37(28(21)41)24-13-14-25(38)33-27(24)40/h6-8,19-20,24H,4-5,9-18H2,1-3H3,(H,32,39)(H,33,38,40)/t19-,20+,24?. The van der Waals surface area contributed by atoms with E-state index < -0.39 is 17.6 Å². The SMILES string of the molecule is CC(C)(C)OC(=O)N(CCCCOCC(=O)Nc1cccc2c1CN(C1CCC(=O)NC1=O)C2=O)[C@H]1CC[C@@H](N=[N+]=[N-])CC1. The number of anilines is 1. The van der Waals surface area contributed by atoms with Crippen LogP contribution < -0.4 is 10.6 Å². The molecule has 1 aromatic rings. The smallest absolute Gasteiger partial charge is 0.410 e. The number of hydrogen-bond acceptors (Lipinski definition) is 8. The summed E-state index contributed by atoms with van der Waals surface area (Å²) in [5, 5.41) is 8.91. The summed E-state index contributed by atoms with van der Waals surface area (Å²) in [6, 6.07) is 4.25. The zero-order valence-electron chi connectivity index (χ0n) is 25.5. The number of amides is 5. The number of benzene rings is 1. The molecule has 1 aromatic carbocycles. The molecule has 1 unspecified atom stereocenters. The van der Waals surface area contributed by atoms with Crippen molar-refractivity contribution in [3.63, 3.8) is 0 Å². The van der Waals surface area contributed by atoms with E-state index in [2.05, 4.69) is 20.7 Å². The van der Waals surface area contributed by atoms with Gasteiger partial charge in [0.1, 0.15) is 18.2 Å². The third-order valence-electron chi connectivity index (χ3n) is 7.98. The van der Waals surface area contributed by atoms with Gasteiger partial charge in [0.25, 0.3) is 5.91 Å². The first-order valence-corrected chi connectivity index (χ1v) is 15.1. The van der Waals surface area contributed by atoms with Crippen LogP contribution in [0.1, 0.15) is 88.1 Å². The van der Waals surface area contributed by atoms with Gasteiger partial charge in [-0.3, -0.25) is 24.5 Å². The molecular weight excluding hydrogens is 570 g/mol. The fraction of sp³-hybridized carbons (Fsp3) is 0.633. The van der Waals surface area contributed by atoms with E-state index in [4.69, 9.17) is 15.0 Å². The van der Waals surface area contributed by atoms with Gasteiger partial charge in [-0.25, -0.2) is 4.79 Å². The number of nitrogens with one attached hydrogen (secondary N) is 2. The van der Waals surface area contributed by atoms with Gasteiger partial charge in [-0.05, 0) is 83.4 Å². The van der Waals surface area contributed by atoms with E-state index in [1.807, 2.05) is 20.8 Å². The van der Waals surface area contributed by atoms with Crippen LogP contribution in [0.2, 0.25) is 0 Å². The fourth-order valence-corrected chi connectivity index (χ4v) is 5.84. The molecule has 44 heavy (non-hydrogen) atoms. The predicted molar refractivity (Wildman–Crippen MR) is 159 cm³/mol. The molecule has 0 bridgehead atoms. The molecule has 2 heterocycles. The lowest BCUT2D eigenvalue weighted by molar-refractivity contribution is -0.137. The van der Waals surface area contributed by atoms with Crippen molar-refractivity contribution >= 4 is 35.4 Å². The number of fused-ring (bicyclic) bond motifs is 1. The molecule has 1 saturated heterocycles. The van der Waals surface area contributed by atoms with E-state index in [0.29, 0.717) is 42.8 Å². The highest BCUT2D eigenvalue weighted by atomic mass is 16.6. The highest BCUT2D eigenvalue weighted by Gasteiger charge is 2.40. The van der Waals surface area contributed by atoms with Crippen LogP contribution in [0.5, 0.6) is 0 Å². The average Bonchev–Trinajstić information content (AvgIpc) is 3.29. The number of azide groups is 1. The third-order valence-corrected chi connectivity index (χ3v) is 7.98. The minimum Gasteiger partial charge on any atom is -0.444 e. The average molecular weight is 612 g/mol. The molecule has 0 radical (unpaired) electrons. The van der Waals surface area contributed by atoms with Gasteiger partial charge in [0.2, 0.25) is 17.7 Å². The van der Waals surface area contributed by atoms with Crippen molar-refractivity contribution in [3.8, 4) is 0 Å². The van der Waals surface area contributed by atoms with Gasteiger partial charge in [-0.1, -0.05) is 11.2 Å². The van der Waals surface area contributed by atoms with Gasteiger partial charge in [0, 0.05) is 59.9 Å². The predicted octanol–water partition coefficient (Wildman–Crippen LogP) is 4.04. The number of nitrogens with zero attached hydrogens (tertiary/aromatic N) is 5. The molecule has 238 valence electrons. The first kappa shape index (κ1) is 32.7. The van der Waals surface area contributed by atoms with Crippen LogP contribution in [0.3, 0.4) is 0 Å². The van der Waals surface area contributed by atoms with Gasteiger partial charge >= 0.3 is 6.09 Å². The van der Waals surface area contributed by atoms with Crippen LogP contribution in [-0.4, -0.2) is 83.0 Å². The summed E-state index contributed by atoms with van der Waals surface area (Å²) in [5.41, 5.74) is 9.60. The molecule has 0 spiro atoms. The van der Waals surface area contributed by atoms with E-state index >= 15 is 0 Å². The monoisotopic (exact) mass is 611 g/mol. The van der Waals surface area contributed by atoms with Crippen molar-refractivity contribution in [2.24, 2.45) is 5.11 Å². The molecule has 2 aliphatic heterocycles. The van der Waals surface area contributed by atoms with E-state index in [-0.39, 0.29) is 61.9 Å². The van der Waals surface area contributed by atoms with Crippen LogP contribution in [0, 0.1) is 0 Å². The van der Waals surface area contributed by atoms with E-state index in [0.717, 1.165) is 25.7 Å². The zero-order chi connectivity index (χ0) is 31.9. The Kier molecular flexibility index (Phi) is 10.8. The minimum atomic E-state index is -0.738. The Morgan fingerprint density at radius 2 is 1.89 bits per heavy atom. The first-order chi connectivity index (χ1) is 21.0. The van der Waals surface area contributed by atoms with Gasteiger partial charge < -0.3 is 24.6 Å². The highest BCUT2D eigenvalue weighted by Crippen LogP contribution is 2.32. The molecule has 2 fully saturated rings. The van der Waals surface area contributed by atoms with Crippen LogP contribution >= 0.6 is 0 Å². The molecule has 14 nitrogen and oxygen atoms in total. The summed E-state index contributed by atoms with van der Waals surface area (Å²) in [6.45, 7) is 6.25. The maximum Gasteiger partial charge on any atom is 0.410 e. The quantitative estimate of drug-likeness (QED) is 0.124. The lowest BCUT2D eigenvalue weighted by Gasteiger charge is -2.37. The topological polar surface area (TPSA) is 183 Å². The lowest BCUT2D eigenvalue weighted by Crippen LogP contribution is -2.52. The maximum absolute atomic E-state index is 13.0. The Morgan fingerprint density at radius 1 is 1.14 bits per heavy atom. The van der Waals surface area contributed by atoms with E-state index in [1.54, 1.807) is 23.1 Å². The first-order valence-electron chi connectivity index (χ1n) is 15.1. The van der Waals surface area contributed by atoms with Gasteiger partial charge in [-0.2, -0.15) is 0 Å². The van der Waals surface area contributed by atoms with E-state index in [1.165, 1.54) is 4.90 Å². The number of hydrogen-bond donors (Lipinski definition) is 2. The Bertz CT molecular complexity index is 1310. The molecule has 5 amide bonds. The normalized spacial score (nSPS) is 21.7. The minimum absolute atomic E-state index is 0.00656. The van der Waals surface area contributed by atoms with Crippen LogP contribution in [0.25, 0.3) is 10.4 Å².